The first-order chi connectivity index (χ1) is 11.2. The third-order valence-electron chi connectivity index (χ3n) is 4.47. The SMILES string of the molecule is O=C(NCc1ccc2cc[nH]c2c1)N1CCN2C(=O)OC[C@@H]2C1. The van der Waals surface area contributed by atoms with Crippen LogP contribution in [0, 0.1) is 0 Å². The number of nitrogens with zero attached hydrogens (tertiary/aromatic N) is 2. The van der Waals surface area contributed by atoms with Crippen molar-refractivity contribution in [3.8, 4) is 0 Å². The second-order valence-electron chi connectivity index (χ2n) is 5.93. The highest BCUT2D eigenvalue weighted by Crippen LogP contribution is 2.18. The van der Waals surface area contributed by atoms with Crippen molar-refractivity contribution in [3.63, 3.8) is 0 Å². The Morgan fingerprint density at radius 3 is 3.17 bits per heavy atom. The molecule has 1 atom stereocenters. The molecule has 0 bridgehead atoms. The van der Waals surface area contributed by atoms with E-state index in [0.717, 1.165) is 16.5 Å². The van der Waals surface area contributed by atoms with E-state index >= 15 is 0 Å². The Bertz CT molecular complexity index is 757. The minimum absolute atomic E-state index is 0.0164. The van der Waals surface area contributed by atoms with E-state index in [1.165, 1.54) is 0 Å². The van der Waals surface area contributed by atoms with Gasteiger partial charge in [-0.15, -0.1) is 0 Å². The van der Waals surface area contributed by atoms with Crippen LogP contribution >= 0.6 is 0 Å². The lowest BCUT2D eigenvalue weighted by molar-refractivity contribution is 0.127. The summed E-state index contributed by atoms with van der Waals surface area (Å²) < 4.78 is 5.02. The zero-order chi connectivity index (χ0) is 15.8. The monoisotopic (exact) mass is 314 g/mol. The summed E-state index contributed by atoms with van der Waals surface area (Å²) in [7, 11) is 0. The number of hydrogen-bond donors (Lipinski definition) is 2. The lowest BCUT2D eigenvalue weighted by Crippen LogP contribution is -2.55. The lowest BCUT2D eigenvalue weighted by Gasteiger charge is -2.35. The van der Waals surface area contributed by atoms with Gasteiger partial charge in [-0.3, -0.25) is 4.90 Å². The number of urea groups is 1. The fourth-order valence-corrected chi connectivity index (χ4v) is 3.17. The number of carbonyl (C=O) groups excluding carboxylic acids is 2. The van der Waals surface area contributed by atoms with E-state index in [-0.39, 0.29) is 18.2 Å². The number of fused-ring (bicyclic) bond motifs is 2. The van der Waals surface area contributed by atoms with Gasteiger partial charge in [-0.1, -0.05) is 12.1 Å². The third kappa shape index (κ3) is 2.58. The number of amides is 3. The molecule has 2 N–H and O–H groups in total. The Morgan fingerprint density at radius 2 is 2.26 bits per heavy atom. The third-order valence-corrected chi connectivity index (χ3v) is 4.47. The predicted molar refractivity (Wildman–Crippen MR) is 83.9 cm³/mol. The molecule has 1 aromatic carbocycles. The zero-order valence-electron chi connectivity index (χ0n) is 12.6. The minimum atomic E-state index is -0.269. The van der Waals surface area contributed by atoms with Crippen LogP contribution in [0.25, 0.3) is 10.9 Å². The zero-order valence-corrected chi connectivity index (χ0v) is 12.6. The molecule has 23 heavy (non-hydrogen) atoms. The van der Waals surface area contributed by atoms with Gasteiger partial charge >= 0.3 is 12.1 Å². The van der Waals surface area contributed by atoms with Gasteiger partial charge in [-0.05, 0) is 23.1 Å². The number of ether oxygens (including phenoxy) is 1. The standard InChI is InChI=1S/C16H18N4O3/c21-15(19-5-6-20-13(9-19)10-23-16(20)22)18-8-11-1-2-12-3-4-17-14(12)7-11/h1-4,7,13,17H,5-6,8-10H2,(H,18,21)/t13-/m0/s1. The molecule has 120 valence electrons. The summed E-state index contributed by atoms with van der Waals surface area (Å²) in [6, 6.07) is 7.98. The summed E-state index contributed by atoms with van der Waals surface area (Å²) in [5, 5.41) is 4.10. The first-order valence-electron chi connectivity index (χ1n) is 7.73. The topological polar surface area (TPSA) is 77.7 Å². The van der Waals surface area contributed by atoms with Gasteiger partial charge in [0.15, 0.2) is 0 Å². The molecule has 2 aromatic rings. The first kappa shape index (κ1) is 13.9. The largest absolute Gasteiger partial charge is 0.447 e. The van der Waals surface area contributed by atoms with Crippen LogP contribution in [-0.2, 0) is 11.3 Å². The van der Waals surface area contributed by atoms with E-state index in [2.05, 4.69) is 10.3 Å². The van der Waals surface area contributed by atoms with Gasteiger partial charge < -0.3 is 19.9 Å². The summed E-state index contributed by atoms with van der Waals surface area (Å²) in [6.07, 6.45) is 1.63. The van der Waals surface area contributed by atoms with Gasteiger partial charge in [-0.25, -0.2) is 9.59 Å². The van der Waals surface area contributed by atoms with Crippen LogP contribution in [0.4, 0.5) is 9.59 Å². The number of benzene rings is 1. The van der Waals surface area contributed by atoms with E-state index in [9.17, 15) is 9.59 Å². The number of cyclic esters (lactones) is 1. The van der Waals surface area contributed by atoms with Crippen molar-refractivity contribution in [1.82, 2.24) is 20.1 Å². The molecule has 3 amide bonds. The molecule has 0 saturated carbocycles. The molecule has 7 nitrogen and oxygen atoms in total. The molecule has 0 radical (unpaired) electrons. The van der Waals surface area contributed by atoms with E-state index < -0.39 is 0 Å². The maximum Gasteiger partial charge on any atom is 0.410 e. The Hall–Kier alpha value is -2.70. The summed E-state index contributed by atoms with van der Waals surface area (Å²) in [6.45, 7) is 2.44. The second-order valence-corrected chi connectivity index (χ2v) is 5.93. The average Bonchev–Trinajstić information content (AvgIpc) is 3.18. The van der Waals surface area contributed by atoms with Crippen LogP contribution in [0.15, 0.2) is 30.5 Å². The van der Waals surface area contributed by atoms with Crippen molar-refractivity contribution >= 4 is 23.0 Å². The highest BCUT2D eigenvalue weighted by Gasteiger charge is 2.38. The number of aromatic amines is 1. The van der Waals surface area contributed by atoms with Gasteiger partial charge in [0, 0.05) is 37.9 Å². The number of carbonyl (C=O) groups is 2. The van der Waals surface area contributed by atoms with Crippen LogP contribution in [0.2, 0.25) is 0 Å². The number of hydrogen-bond acceptors (Lipinski definition) is 3. The van der Waals surface area contributed by atoms with Gasteiger partial charge in [0.1, 0.15) is 6.61 Å². The van der Waals surface area contributed by atoms with Crippen molar-refractivity contribution in [2.24, 2.45) is 0 Å². The summed E-state index contributed by atoms with van der Waals surface area (Å²) >= 11 is 0. The number of rotatable bonds is 2. The van der Waals surface area contributed by atoms with Gasteiger partial charge in [-0.2, -0.15) is 0 Å². The quantitative estimate of drug-likeness (QED) is 0.882. The minimum Gasteiger partial charge on any atom is -0.447 e. The highest BCUT2D eigenvalue weighted by atomic mass is 16.6. The number of aromatic nitrogens is 1. The van der Waals surface area contributed by atoms with E-state index in [1.54, 1.807) is 9.80 Å². The fourth-order valence-electron chi connectivity index (χ4n) is 3.17. The van der Waals surface area contributed by atoms with Crippen LogP contribution in [-0.4, -0.2) is 59.2 Å². The van der Waals surface area contributed by atoms with Crippen molar-refractivity contribution in [2.75, 3.05) is 26.2 Å². The van der Waals surface area contributed by atoms with E-state index in [0.29, 0.717) is 32.8 Å². The lowest BCUT2D eigenvalue weighted by atomic mass is 10.1. The van der Waals surface area contributed by atoms with Crippen LogP contribution < -0.4 is 5.32 Å². The summed E-state index contributed by atoms with van der Waals surface area (Å²) in [5.41, 5.74) is 2.11. The van der Waals surface area contributed by atoms with Crippen LogP contribution in [0.5, 0.6) is 0 Å². The fraction of sp³-hybridized carbons (Fsp3) is 0.375. The molecule has 1 aromatic heterocycles. The molecule has 0 unspecified atom stereocenters. The number of piperazine rings is 1. The smallest absolute Gasteiger partial charge is 0.410 e. The Kier molecular flexibility index (Phi) is 3.33. The van der Waals surface area contributed by atoms with Crippen molar-refractivity contribution in [2.45, 2.75) is 12.6 Å². The molecular formula is C16H18N4O3. The predicted octanol–water partition coefficient (Wildman–Crippen LogP) is 1.51. The molecule has 2 fully saturated rings. The molecule has 7 heteroatoms. The molecular weight excluding hydrogens is 296 g/mol. The Balaban J connectivity index is 1.35. The van der Waals surface area contributed by atoms with Crippen LogP contribution in [0.3, 0.4) is 0 Å². The van der Waals surface area contributed by atoms with E-state index in [1.807, 2.05) is 30.5 Å². The Morgan fingerprint density at radius 1 is 1.35 bits per heavy atom. The molecule has 2 aliphatic rings. The van der Waals surface area contributed by atoms with Crippen molar-refractivity contribution in [1.29, 1.82) is 0 Å². The number of H-pyrrole nitrogens is 1. The highest BCUT2D eigenvalue weighted by molar-refractivity contribution is 5.80. The Labute approximate surface area is 133 Å². The van der Waals surface area contributed by atoms with Crippen molar-refractivity contribution < 1.29 is 14.3 Å². The van der Waals surface area contributed by atoms with Gasteiger partial charge in [0.2, 0.25) is 0 Å². The molecule has 0 spiro atoms. The summed E-state index contributed by atoms with van der Waals surface area (Å²) in [5.74, 6) is 0. The van der Waals surface area contributed by atoms with Crippen molar-refractivity contribution in [3.05, 3.63) is 36.0 Å². The molecule has 2 saturated heterocycles. The van der Waals surface area contributed by atoms with Crippen LogP contribution in [0.1, 0.15) is 5.56 Å². The molecule has 2 aliphatic heterocycles. The normalized spacial score (nSPS) is 20.5. The second kappa shape index (κ2) is 5.49. The maximum atomic E-state index is 12.3. The molecule has 3 heterocycles. The molecule has 0 aliphatic carbocycles. The van der Waals surface area contributed by atoms with Gasteiger partial charge in [0.05, 0.1) is 6.04 Å². The summed E-state index contributed by atoms with van der Waals surface area (Å²) in [4.78, 5) is 30.4. The van der Waals surface area contributed by atoms with Gasteiger partial charge in [0.25, 0.3) is 0 Å². The number of nitrogens with one attached hydrogen (secondary N) is 2. The van der Waals surface area contributed by atoms with E-state index in [4.69, 9.17) is 4.74 Å². The maximum absolute atomic E-state index is 12.3. The average molecular weight is 314 g/mol. The first-order valence-corrected chi connectivity index (χ1v) is 7.73. The molecule has 4 rings (SSSR count).